The van der Waals surface area contributed by atoms with Crippen LogP contribution >= 0.6 is 0 Å². The summed E-state index contributed by atoms with van der Waals surface area (Å²) in [5.74, 6) is -0.344. The van der Waals surface area contributed by atoms with Gasteiger partial charge in [-0.2, -0.15) is 0 Å². The number of hydrogen-bond donors (Lipinski definition) is 2. The molecule has 1 rings (SSSR count). The predicted molar refractivity (Wildman–Crippen MR) is 79.6 cm³/mol. The van der Waals surface area contributed by atoms with Crippen LogP contribution in [0.25, 0.3) is 0 Å². The zero-order valence-electron chi connectivity index (χ0n) is 12.8. The molecule has 0 spiro atoms. The highest BCUT2D eigenvalue weighted by molar-refractivity contribution is 5.76. The first-order chi connectivity index (χ1) is 9.17. The highest BCUT2D eigenvalue weighted by Crippen LogP contribution is 2.21. The summed E-state index contributed by atoms with van der Waals surface area (Å²) in [6.07, 6.45) is 1.09. The Hall–Kier alpha value is -1.42. The molecule has 1 amide bonds. The van der Waals surface area contributed by atoms with E-state index >= 15 is 0 Å². The van der Waals surface area contributed by atoms with E-state index in [-0.39, 0.29) is 23.2 Å². The molecule has 0 aliphatic carbocycles. The highest BCUT2D eigenvalue weighted by atomic mass is 19.1. The molecule has 0 bridgehead atoms. The van der Waals surface area contributed by atoms with Gasteiger partial charge < -0.3 is 11.1 Å². The van der Waals surface area contributed by atoms with E-state index in [0.29, 0.717) is 18.5 Å². The maximum atomic E-state index is 13.4. The van der Waals surface area contributed by atoms with Gasteiger partial charge in [0.15, 0.2) is 0 Å². The van der Waals surface area contributed by atoms with Crippen molar-refractivity contribution in [2.24, 2.45) is 11.1 Å². The lowest BCUT2D eigenvalue weighted by molar-refractivity contribution is -0.121. The third kappa shape index (κ3) is 6.15. The van der Waals surface area contributed by atoms with Crippen LogP contribution in [0.4, 0.5) is 4.39 Å². The molecular formula is C16H25FN2O. The molecule has 1 unspecified atom stereocenters. The molecule has 4 heteroatoms. The van der Waals surface area contributed by atoms with Crippen molar-refractivity contribution in [3.05, 3.63) is 35.1 Å². The van der Waals surface area contributed by atoms with E-state index in [1.54, 1.807) is 13.0 Å². The van der Waals surface area contributed by atoms with Crippen LogP contribution in [0.1, 0.15) is 44.7 Å². The van der Waals surface area contributed by atoms with Crippen molar-refractivity contribution in [1.29, 1.82) is 0 Å². The van der Waals surface area contributed by atoms with E-state index in [9.17, 15) is 9.18 Å². The lowest BCUT2D eigenvalue weighted by Gasteiger charge is -2.22. The number of benzene rings is 1. The summed E-state index contributed by atoms with van der Waals surface area (Å²) in [6, 6.07) is 4.82. The summed E-state index contributed by atoms with van der Waals surface area (Å²) < 4.78 is 13.4. The Bertz CT molecular complexity index is 466. The van der Waals surface area contributed by atoms with Gasteiger partial charge in [-0.15, -0.1) is 0 Å². The van der Waals surface area contributed by atoms with Gasteiger partial charge in [0.2, 0.25) is 5.91 Å². The fourth-order valence-corrected chi connectivity index (χ4v) is 2.12. The largest absolute Gasteiger partial charge is 0.352 e. The van der Waals surface area contributed by atoms with Crippen LogP contribution in [0.15, 0.2) is 18.2 Å². The number of nitrogens with two attached hydrogens (primary N) is 1. The number of rotatable bonds is 5. The van der Waals surface area contributed by atoms with E-state index in [1.807, 2.05) is 6.07 Å². The molecule has 1 atom stereocenters. The Morgan fingerprint density at radius 3 is 2.60 bits per heavy atom. The van der Waals surface area contributed by atoms with Crippen LogP contribution in [-0.4, -0.2) is 11.9 Å². The van der Waals surface area contributed by atoms with Gasteiger partial charge >= 0.3 is 0 Å². The van der Waals surface area contributed by atoms with Crippen LogP contribution in [0, 0.1) is 18.2 Å². The molecule has 3 N–H and O–H groups in total. The third-order valence-corrected chi connectivity index (χ3v) is 3.05. The van der Waals surface area contributed by atoms with Crippen molar-refractivity contribution in [2.45, 2.75) is 53.1 Å². The van der Waals surface area contributed by atoms with Crippen molar-refractivity contribution in [2.75, 3.05) is 0 Å². The van der Waals surface area contributed by atoms with Gasteiger partial charge in [-0.25, -0.2) is 4.39 Å². The molecule has 0 saturated carbocycles. The Morgan fingerprint density at radius 2 is 2.05 bits per heavy atom. The quantitative estimate of drug-likeness (QED) is 0.871. The Balaban J connectivity index is 2.41. The Kier molecular flexibility index (Phi) is 5.69. The summed E-state index contributed by atoms with van der Waals surface area (Å²) in [5.41, 5.74) is 7.42. The minimum Gasteiger partial charge on any atom is -0.352 e. The lowest BCUT2D eigenvalue weighted by Crippen LogP contribution is -2.34. The summed E-state index contributed by atoms with van der Waals surface area (Å²) in [5, 5.41) is 2.78. The fourth-order valence-electron chi connectivity index (χ4n) is 2.12. The smallest absolute Gasteiger partial charge is 0.221 e. The minimum atomic E-state index is -0.249. The SMILES string of the molecule is Cc1ccc(CNC(=O)CC(N)CC(C)(C)C)cc1F. The number of nitrogens with one attached hydrogen (secondary N) is 1. The average Bonchev–Trinajstić information content (AvgIpc) is 2.28. The van der Waals surface area contributed by atoms with Crippen molar-refractivity contribution < 1.29 is 9.18 Å². The zero-order valence-corrected chi connectivity index (χ0v) is 12.8. The number of carbonyl (C=O) groups is 1. The molecule has 0 heterocycles. The molecule has 3 nitrogen and oxygen atoms in total. The molecule has 1 aromatic carbocycles. The number of hydrogen-bond acceptors (Lipinski definition) is 2. The van der Waals surface area contributed by atoms with E-state index in [1.165, 1.54) is 6.07 Å². The summed E-state index contributed by atoms with van der Waals surface area (Å²) in [4.78, 5) is 11.8. The van der Waals surface area contributed by atoms with Crippen LogP contribution in [0.3, 0.4) is 0 Å². The van der Waals surface area contributed by atoms with Crippen molar-refractivity contribution >= 4 is 5.91 Å². The first-order valence-electron chi connectivity index (χ1n) is 6.95. The number of amides is 1. The normalized spacial score (nSPS) is 13.1. The number of halogens is 1. The number of carbonyl (C=O) groups excluding carboxylic acids is 1. The monoisotopic (exact) mass is 280 g/mol. The molecule has 0 fully saturated rings. The van der Waals surface area contributed by atoms with E-state index < -0.39 is 0 Å². The van der Waals surface area contributed by atoms with E-state index in [0.717, 1.165) is 12.0 Å². The topological polar surface area (TPSA) is 55.1 Å². The van der Waals surface area contributed by atoms with Gasteiger partial charge in [-0.1, -0.05) is 32.9 Å². The first-order valence-corrected chi connectivity index (χ1v) is 6.95. The highest BCUT2D eigenvalue weighted by Gasteiger charge is 2.18. The zero-order chi connectivity index (χ0) is 15.3. The van der Waals surface area contributed by atoms with Gasteiger partial charge in [-0.05, 0) is 36.0 Å². The van der Waals surface area contributed by atoms with E-state index in [4.69, 9.17) is 5.73 Å². The van der Waals surface area contributed by atoms with Crippen molar-refractivity contribution in [3.63, 3.8) is 0 Å². The second kappa shape index (κ2) is 6.84. The average molecular weight is 280 g/mol. The molecule has 0 aliphatic rings. The van der Waals surface area contributed by atoms with Crippen LogP contribution in [0.5, 0.6) is 0 Å². The summed E-state index contributed by atoms with van der Waals surface area (Å²) >= 11 is 0. The minimum absolute atomic E-state index is 0.0947. The maximum absolute atomic E-state index is 13.4. The molecule has 0 aromatic heterocycles. The summed E-state index contributed by atoms with van der Waals surface area (Å²) in [7, 11) is 0. The standard InChI is InChI=1S/C16H25FN2O/c1-11-5-6-12(7-14(11)17)10-19-15(20)8-13(18)9-16(2,3)4/h5-7,13H,8-10,18H2,1-4H3,(H,19,20). The van der Waals surface area contributed by atoms with Gasteiger partial charge in [0, 0.05) is 19.0 Å². The van der Waals surface area contributed by atoms with Crippen LogP contribution < -0.4 is 11.1 Å². The Morgan fingerprint density at radius 1 is 1.40 bits per heavy atom. The number of aryl methyl sites for hydroxylation is 1. The van der Waals surface area contributed by atoms with Gasteiger partial charge in [0.1, 0.15) is 5.82 Å². The van der Waals surface area contributed by atoms with Crippen molar-refractivity contribution in [3.8, 4) is 0 Å². The molecule has 0 aliphatic heterocycles. The molecule has 1 aromatic rings. The van der Waals surface area contributed by atoms with Crippen LogP contribution in [-0.2, 0) is 11.3 Å². The molecule has 112 valence electrons. The van der Waals surface area contributed by atoms with Crippen molar-refractivity contribution in [1.82, 2.24) is 5.32 Å². The first kappa shape index (κ1) is 16.6. The molecule has 0 saturated heterocycles. The lowest BCUT2D eigenvalue weighted by atomic mass is 9.87. The van der Waals surface area contributed by atoms with E-state index in [2.05, 4.69) is 26.1 Å². The summed E-state index contributed by atoms with van der Waals surface area (Å²) in [6.45, 7) is 8.33. The predicted octanol–water partition coefficient (Wildman–Crippen LogP) is 2.90. The second-order valence-corrected chi connectivity index (χ2v) is 6.59. The van der Waals surface area contributed by atoms with Crippen LogP contribution in [0.2, 0.25) is 0 Å². The molecular weight excluding hydrogens is 255 g/mol. The van der Waals surface area contributed by atoms with Gasteiger partial charge in [0.05, 0.1) is 0 Å². The van der Waals surface area contributed by atoms with Gasteiger partial charge in [0.25, 0.3) is 0 Å². The molecule has 20 heavy (non-hydrogen) atoms. The molecule has 0 radical (unpaired) electrons. The second-order valence-electron chi connectivity index (χ2n) is 6.59. The Labute approximate surface area is 120 Å². The third-order valence-electron chi connectivity index (χ3n) is 3.05. The maximum Gasteiger partial charge on any atom is 0.221 e. The van der Waals surface area contributed by atoms with Gasteiger partial charge in [-0.3, -0.25) is 4.79 Å². The fraction of sp³-hybridized carbons (Fsp3) is 0.562.